The van der Waals surface area contributed by atoms with Crippen molar-refractivity contribution in [2.45, 2.75) is 37.5 Å². The molecule has 1 aromatic heterocycles. The number of likely N-dealkylation sites (tertiary alicyclic amines) is 2. The van der Waals surface area contributed by atoms with E-state index in [0.717, 1.165) is 50.4 Å². The van der Waals surface area contributed by atoms with E-state index in [0.29, 0.717) is 0 Å². The summed E-state index contributed by atoms with van der Waals surface area (Å²) < 4.78 is 0. The topological polar surface area (TPSA) is 55.4 Å². The zero-order valence-electron chi connectivity index (χ0n) is 17.4. The minimum absolute atomic E-state index is 0.114. The third-order valence-electron chi connectivity index (χ3n) is 6.82. The fraction of sp³-hybridized carbons (Fsp3) is 0.400. The van der Waals surface area contributed by atoms with Crippen LogP contribution in [0.1, 0.15) is 30.4 Å². The van der Waals surface area contributed by atoms with Crippen LogP contribution in [0, 0.1) is 0 Å². The maximum absolute atomic E-state index is 11.9. The molecule has 5 nitrogen and oxygen atoms in total. The highest BCUT2D eigenvalue weighted by Gasteiger charge is 2.46. The lowest BCUT2D eigenvalue weighted by Crippen LogP contribution is -2.60. The zero-order valence-corrected chi connectivity index (χ0v) is 17.4. The van der Waals surface area contributed by atoms with Gasteiger partial charge in [0.2, 0.25) is 0 Å². The molecule has 2 aromatic carbocycles. The van der Waals surface area contributed by atoms with Crippen LogP contribution in [0.5, 0.6) is 0 Å². The summed E-state index contributed by atoms with van der Waals surface area (Å²) in [7, 11) is 0. The number of aliphatic hydroxyl groups is 1. The molecule has 3 aromatic rings. The Kier molecular flexibility index (Phi) is 5.42. The predicted octanol–water partition coefficient (Wildman–Crippen LogP) is 3.63. The molecule has 2 aliphatic rings. The summed E-state index contributed by atoms with van der Waals surface area (Å²) in [6.07, 6.45) is 5.14. The molecule has 0 bridgehead atoms. The monoisotopic (exact) mass is 402 g/mol. The van der Waals surface area contributed by atoms with Crippen LogP contribution in [0.4, 0.5) is 0 Å². The molecule has 2 N–H and O–H groups in total. The Labute approximate surface area is 178 Å². The summed E-state index contributed by atoms with van der Waals surface area (Å²) in [4.78, 5) is 4.99. The van der Waals surface area contributed by atoms with Crippen LogP contribution in [0.3, 0.4) is 0 Å². The summed E-state index contributed by atoms with van der Waals surface area (Å²) in [5.74, 6) is 0. The molecule has 3 heterocycles. The van der Waals surface area contributed by atoms with Gasteiger partial charge in [-0.25, -0.2) is 0 Å². The van der Waals surface area contributed by atoms with E-state index in [-0.39, 0.29) is 6.04 Å². The van der Waals surface area contributed by atoms with E-state index >= 15 is 0 Å². The third-order valence-corrected chi connectivity index (χ3v) is 6.82. The first kappa shape index (κ1) is 19.5. The highest BCUT2D eigenvalue weighted by atomic mass is 16.3. The summed E-state index contributed by atoms with van der Waals surface area (Å²) in [5.41, 5.74) is 3.73. The molecule has 0 amide bonds. The second-order valence-electron chi connectivity index (χ2n) is 8.67. The van der Waals surface area contributed by atoms with Gasteiger partial charge in [0.15, 0.2) is 0 Å². The fourth-order valence-electron chi connectivity index (χ4n) is 5.19. The van der Waals surface area contributed by atoms with Crippen molar-refractivity contribution in [1.29, 1.82) is 0 Å². The van der Waals surface area contributed by atoms with Crippen LogP contribution in [-0.4, -0.2) is 57.3 Å². The van der Waals surface area contributed by atoms with Gasteiger partial charge in [0, 0.05) is 25.2 Å². The first-order chi connectivity index (χ1) is 14.7. The summed E-state index contributed by atoms with van der Waals surface area (Å²) >= 11 is 0. The van der Waals surface area contributed by atoms with Crippen molar-refractivity contribution in [3.05, 3.63) is 78.0 Å². The van der Waals surface area contributed by atoms with Crippen molar-refractivity contribution < 1.29 is 5.11 Å². The number of hydrogen-bond donors (Lipinski definition) is 2. The molecule has 0 spiro atoms. The summed E-state index contributed by atoms with van der Waals surface area (Å²) in [5, 5.41) is 19.4. The maximum atomic E-state index is 11.9. The highest BCUT2D eigenvalue weighted by Crippen LogP contribution is 2.38. The largest absolute Gasteiger partial charge is 0.383 e. The second kappa shape index (κ2) is 8.34. The molecular formula is C25H30N4O. The van der Waals surface area contributed by atoms with Gasteiger partial charge in [-0.3, -0.25) is 14.9 Å². The van der Waals surface area contributed by atoms with Crippen LogP contribution in [0.15, 0.2) is 66.9 Å². The number of hydrogen-bond acceptors (Lipinski definition) is 4. The highest BCUT2D eigenvalue weighted by molar-refractivity contribution is 5.62. The van der Waals surface area contributed by atoms with Crippen molar-refractivity contribution in [3.8, 4) is 11.3 Å². The Morgan fingerprint density at radius 3 is 2.40 bits per heavy atom. The van der Waals surface area contributed by atoms with Gasteiger partial charge in [-0.2, -0.15) is 5.10 Å². The third kappa shape index (κ3) is 3.69. The first-order valence-corrected chi connectivity index (χ1v) is 11.1. The van der Waals surface area contributed by atoms with E-state index in [1.54, 1.807) is 0 Å². The van der Waals surface area contributed by atoms with Crippen molar-refractivity contribution in [2.24, 2.45) is 0 Å². The van der Waals surface area contributed by atoms with Crippen LogP contribution in [0.25, 0.3) is 11.3 Å². The van der Waals surface area contributed by atoms with Crippen LogP contribution >= 0.6 is 0 Å². The molecule has 5 heteroatoms. The fourth-order valence-corrected chi connectivity index (χ4v) is 5.19. The quantitative estimate of drug-likeness (QED) is 0.684. The van der Waals surface area contributed by atoms with Gasteiger partial charge in [-0.15, -0.1) is 0 Å². The lowest BCUT2D eigenvalue weighted by Gasteiger charge is -2.48. The van der Waals surface area contributed by atoms with E-state index in [1.807, 2.05) is 30.5 Å². The van der Waals surface area contributed by atoms with Gasteiger partial charge in [-0.05, 0) is 43.5 Å². The number of aromatic amines is 1. The number of nitrogens with zero attached hydrogens (tertiary/aromatic N) is 3. The average molecular weight is 403 g/mol. The van der Waals surface area contributed by atoms with Crippen molar-refractivity contribution in [3.63, 3.8) is 0 Å². The van der Waals surface area contributed by atoms with Gasteiger partial charge in [0.05, 0.1) is 17.9 Å². The normalized spacial score (nSPS) is 25.6. The number of nitrogens with one attached hydrogen (secondary N) is 1. The number of H-pyrrole nitrogens is 1. The number of rotatable bonds is 5. The van der Waals surface area contributed by atoms with E-state index in [4.69, 9.17) is 0 Å². The van der Waals surface area contributed by atoms with E-state index in [1.165, 1.54) is 24.0 Å². The van der Waals surface area contributed by atoms with Crippen LogP contribution in [0.2, 0.25) is 0 Å². The smallest absolute Gasteiger partial charge is 0.108 e. The summed E-state index contributed by atoms with van der Waals surface area (Å²) in [6.45, 7) is 4.74. The lowest BCUT2D eigenvalue weighted by molar-refractivity contribution is -0.0959. The van der Waals surface area contributed by atoms with E-state index < -0.39 is 5.60 Å². The molecule has 0 saturated carbocycles. The van der Waals surface area contributed by atoms with Crippen LogP contribution in [-0.2, 0) is 12.1 Å². The molecule has 2 saturated heterocycles. The Bertz CT molecular complexity index is 952. The Morgan fingerprint density at radius 1 is 0.967 bits per heavy atom. The Hall–Kier alpha value is -2.47. The van der Waals surface area contributed by atoms with Crippen molar-refractivity contribution in [2.75, 3.05) is 26.2 Å². The number of aromatic nitrogens is 2. The second-order valence-corrected chi connectivity index (χ2v) is 8.67. The molecule has 0 radical (unpaired) electrons. The molecule has 156 valence electrons. The molecule has 30 heavy (non-hydrogen) atoms. The number of benzene rings is 2. The SMILES string of the molecule is O[C@]1(c2ccccc2)CCN(Cc2cn[nH]c2-c2ccccc2)C[C@H]1N1CCCC1. The maximum Gasteiger partial charge on any atom is 0.108 e. The Balaban J connectivity index is 1.39. The zero-order chi connectivity index (χ0) is 20.4. The minimum atomic E-state index is -0.791. The molecule has 2 aliphatic heterocycles. The van der Waals surface area contributed by atoms with E-state index in [9.17, 15) is 5.11 Å². The lowest BCUT2D eigenvalue weighted by atomic mass is 9.79. The van der Waals surface area contributed by atoms with Crippen molar-refractivity contribution >= 4 is 0 Å². The average Bonchev–Trinajstić information content (AvgIpc) is 3.49. The predicted molar refractivity (Wildman–Crippen MR) is 119 cm³/mol. The van der Waals surface area contributed by atoms with Gasteiger partial charge in [-0.1, -0.05) is 60.7 Å². The van der Waals surface area contributed by atoms with Gasteiger partial charge >= 0.3 is 0 Å². The van der Waals surface area contributed by atoms with Crippen molar-refractivity contribution in [1.82, 2.24) is 20.0 Å². The van der Waals surface area contributed by atoms with Gasteiger partial charge in [0.1, 0.15) is 5.60 Å². The molecule has 0 aliphatic carbocycles. The standard InChI is InChI=1S/C25H30N4O/c30-25(22-11-5-2-6-12-22)13-16-28(19-23(25)29-14-7-8-15-29)18-21-17-26-27-24(21)20-9-3-1-4-10-20/h1-6,9-12,17,23,30H,7-8,13-16,18-19H2,(H,26,27)/t23-,25+/m1/s1. The molecular weight excluding hydrogens is 372 g/mol. The van der Waals surface area contributed by atoms with E-state index in [2.05, 4.69) is 56.4 Å². The van der Waals surface area contributed by atoms with Gasteiger partial charge < -0.3 is 5.11 Å². The molecule has 0 unspecified atom stereocenters. The number of piperidine rings is 1. The molecule has 2 fully saturated rings. The molecule has 5 rings (SSSR count). The Morgan fingerprint density at radius 2 is 1.67 bits per heavy atom. The summed E-state index contributed by atoms with van der Waals surface area (Å²) in [6, 6.07) is 20.8. The first-order valence-electron chi connectivity index (χ1n) is 11.1. The van der Waals surface area contributed by atoms with Gasteiger partial charge in [0.25, 0.3) is 0 Å². The minimum Gasteiger partial charge on any atom is -0.383 e. The van der Waals surface area contributed by atoms with Crippen LogP contribution < -0.4 is 0 Å². The molecule has 2 atom stereocenters.